The minimum Gasteiger partial charge on any atom is -0.492 e. The summed E-state index contributed by atoms with van der Waals surface area (Å²) in [4.78, 5) is 13.2. The minimum atomic E-state index is 0. The van der Waals surface area contributed by atoms with Crippen LogP contribution >= 0.6 is 24.0 Å². The van der Waals surface area contributed by atoms with Crippen LogP contribution in [0.1, 0.15) is 24.9 Å². The molecule has 0 aliphatic carbocycles. The number of halogens is 1. The summed E-state index contributed by atoms with van der Waals surface area (Å²) in [5, 5.41) is 3.52. The van der Waals surface area contributed by atoms with Crippen LogP contribution in [0.25, 0.3) is 0 Å². The van der Waals surface area contributed by atoms with Gasteiger partial charge in [0, 0.05) is 45.6 Å². The van der Waals surface area contributed by atoms with Gasteiger partial charge in [-0.3, -0.25) is 4.99 Å². The van der Waals surface area contributed by atoms with E-state index in [4.69, 9.17) is 4.74 Å². The number of guanidine groups is 1. The van der Waals surface area contributed by atoms with Gasteiger partial charge in [0.25, 0.3) is 0 Å². The highest BCUT2D eigenvalue weighted by Gasteiger charge is 2.28. The van der Waals surface area contributed by atoms with E-state index in [2.05, 4.69) is 54.9 Å². The number of aromatic nitrogens is 2. The number of benzene rings is 1. The Kier molecular flexibility index (Phi) is 9.90. The summed E-state index contributed by atoms with van der Waals surface area (Å²) >= 11 is 0. The molecule has 0 spiro atoms. The van der Waals surface area contributed by atoms with Gasteiger partial charge in [0.05, 0.1) is 12.4 Å². The smallest absolute Gasteiger partial charge is 0.193 e. The van der Waals surface area contributed by atoms with E-state index in [1.807, 2.05) is 45.8 Å². The largest absolute Gasteiger partial charge is 0.492 e. The first-order valence-electron chi connectivity index (χ1n) is 10.4. The lowest BCUT2D eigenvalue weighted by Gasteiger charge is -2.39. The van der Waals surface area contributed by atoms with Gasteiger partial charge in [-0.1, -0.05) is 19.1 Å². The fourth-order valence-electron chi connectivity index (χ4n) is 3.70. The maximum atomic E-state index is 5.86. The van der Waals surface area contributed by atoms with E-state index in [1.54, 1.807) is 0 Å². The molecule has 1 saturated heterocycles. The van der Waals surface area contributed by atoms with Gasteiger partial charge in [-0.15, -0.1) is 24.0 Å². The Morgan fingerprint density at radius 1 is 1.37 bits per heavy atom. The molecule has 30 heavy (non-hydrogen) atoms. The molecule has 7 nitrogen and oxygen atoms in total. The van der Waals surface area contributed by atoms with Crippen LogP contribution < -0.4 is 10.1 Å². The van der Waals surface area contributed by atoms with Crippen LogP contribution in [0.3, 0.4) is 0 Å². The Morgan fingerprint density at radius 2 is 2.20 bits per heavy atom. The van der Waals surface area contributed by atoms with Crippen molar-refractivity contribution in [2.75, 3.05) is 47.4 Å². The molecular weight excluding hydrogens is 491 g/mol. The van der Waals surface area contributed by atoms with Gasteiger partial charge in [0.2, 0.25) is 0 Å². The Balaban J connectivity index is 0.00000320. The molecule has 0 saturated carbocycles. The first-order chi connectivity index (χ1) is 14.1. The summed E-state index contributed by atoms with van der Waals surface area (Å²) in [5.74, 6) is 2.48. The molecule has 1 fully saturated rings. The number of hydrogen-bond acceptors (Lipinski definition) is 4. The molecule has 0 bridgehead atoms. The summed E-state index contributed by atoms with van der Waals surface area (Å²) in [7, 11) is 5.95. The second-order valence-electron chi connectivity index (χ2n) is 7.99. The molecule has 2 aromatic rings. The standard InChI is InChI=1S/C22H34N6O.HI/c1-18-8-10-27(16-21(18)28-11-9-24-17-28)22(23-2)25-15-19-6-5-7-20(14-19)29-13-12-26(3)4;/h5-7,9,11,14,17-18,21H,8,10,12-13,15-16H2,1-4H3,(H,23,25);1H. The molecule has 3 rings (SSSR count). The molecule has 1 aromatic heterocycles. The van der Waals surface area contributed by atoms with Crippen LogP contribution in [0, 0.1) is 5.92 Å². The van der Waals surface area contributed by atoms with Crippen molar-refractivity contribution in [3.8, 4) is 5.75 Å². The van der Waals surface area contributed by atoms with Gasteiger partial charge >= 0.3 is 0 Å². The summed E-state index contributed by atoms with van der Waals surface area (Å²) < 4.78 is 8.08. The zero-order chi connectivity index (χ0) is 20.6. The Labute approximate surface area is 197 Å². The first-order valence-corrected chi connectivity index (χ1v) is 10.4. The lowest BCUT2D eigenvalue weighted by molar-refractivity contribution is 0.189. The van der Waals surface area contributed by atoms with Crippen LogP contribution in [-0.2, 0) is 6.54 Å². The summed E-state index contributed by atoms with van der Waals surface area (Å²) in [6.45, 7) is 6.58. The summed E-state index contributed by atoms with van der Waals surface area (Å²) in [5.41, 5.74) is 1.19. The first kappa shape index (κ1) is 24.5. The van der Waals surface area contributed by atoms with E-state index in [-0.39, 0.29) is 24.0 Å². The number of ether oxygens (including phenoxy) is 1. The van der Waals surface area contributed by atoms with E-state index in [0.29, 0.717) is 18.6 Å². The predicted octanol–water partition coefficient (Wildman–Crippen LogP) is 3.10. The number of hydrogen-bond donors (Lipinski definition) is 1. The molecule has 2 heterocycles. The molecule has 0 radical (unpaired) electrons. The van der Waals surface area contributed by atoms with Crippen molar-refractivity contribution in [2.24, 2.45) is 10.9 Å². The summed E-state index contributed by atoms with van der Waals surface area (Å²) in [6, 6.07) is 8.69. The van der Waals surface area contributed by atoms with Crippen LogP contribution in [0.4, 0.5) is 0 Å². The molecule has 1 aliphatic rings. The molecule has 8 heteroatoms. The highest BCUT2D eigenvalue weighted by molar-refractivity contribution is 14.0. The zero-order valence-corrected chi connectivity index (χ0v) is 20.8. The maximum Gasteiger partial charge on any atom is 0.193 e. The van der Waals surface area contributed by atoms with Crippen LogP contribution in [0.2, 0.25) is 0 Å². The fourth-order valence-corrected chi connectivity index (χ4v) is 3.70. The van der Waals surface area contributed by atoms with E-state index in [1.165, 1.54) is 5.56 Å². The van der Waals surface area contributed by atoms with Crippen LogP contribution in [-0.4, -0.2) is 72.7 Å². The van der Waals surface area contributed by atoms with Gasteiger partial charge in [-0.05, 0) is 44.1 Å². The van der Waals surface area contributed by atoms with E-state index >= 15 is 0 Å². The van der Waals surface area contributed by atoms with Crippen molar-refractivity contribution in [1.29, 1.82) is 0 Å². The Hall–Kier alpha value is -1.81. The number of rotatable bonds is 7. The lowest BCUT2D eigenvalue weighted by atomic mass is 9.93. The van der Waals surface area contributed by atoms with Gasteiger partial charge in [-0.2, -0.15) is 0 Å². The van der Waals surface area contributed by atoms with Crippen molar-refractivity contribution in [3.05, 3.63) is 48.5 Å². The number of likely N-dealkylation sites (tertiary alicyclic amines) is 1. The normalized spacial score (nSPS) is 19.5. The van der Waals surface area contributed by atoms with Crippen molar-refractivity contribution < 1.29 is 4.74 Å². The minimum absolute atomic E-state index is 0. The molecule has 1 N–H and O–H groups in total. The molecule has 2 atom stereocenters. The number of imidazole rings is 1. The average molecular weight is 526 g/mol. The van der Waals surface area contributed by atoms with E-state index in [9.17, 15) is 0 Å². The van der Waals surface area contributed by atoms with Crippen LogP contribution in [0.5, 0.6) is 5.75 Å². The molecule has 1 aromatic carbocycles. The molecule has 1 aliphatic heterocycles. The van der Waals surface area contributed by atoms with Crippen molar-refractivity contribution in [3.63, 3.8) is 0 Å². The number of piperidine rings is 1. The van der Waals surface area contributed by atoms with Crippen molar-refractivity contribution in [2.45, 2.75) is 25.9 Å². The SMILES string of the molecule is CN=C(NCc1cccc(OCCN(C)C)c1)N1CCC(C)C(n2ccnc2)C1.I. The van der Waals surface area contributed by atoms with E-state index < -0.39 is 0 Å². The average Bonchev–Trinajstić information content (AvgIpc) is 3.24. The topological polar surface area (TPSA) is 57.9 Å². The Morgan fingerprint density at radius 3 is 2.90 bits per heavy atom. The number of aliphatic imine (C=N–C) groups is 1. The van der Waals surface area contributed by atoms with Gasteiger partial charge in [-0.25, -0.2) is 4.98 Å². The number of nitrogens with zero attached hydrogens (tertiary/aromatic N) is 5. The molecular formula is C22H35IN6O. The molecule has 2 unspecified atom stereocenters. The van der Waals surface area contributed by atoms with Crippen molar-refractivity contribution >= 4 is 29.9 Å². The van der Waals surface area contributed by atoms with Crippen molar-refractivity contribution in [1.82, 2.24) is 24.7 Å². The van der Waals surface area contributed by atoms with Crippen LogP contribution in [0.15, 0.2) is 48.0 Å². The molecule has 166 valence electrons. The summed E-state index contributed by atoms with van der Waals surface area (Å²) in [6.07, 6.45) is 6.97. The second-order valence-corrected chi connectivity index (χ2v) is 7.99. The zero-order valence-electron chi connectivity index (χ0n) is 18.5. The second kappa shape index (κ2) is 12.1. The highest BCUT2D eigenvalue weighted by atomic mass is 127. The maximum absolute atomic E-state index is 5.86. The number of nitrogens with one attached hydrogen (secondary N) is 1. The van der Waals surface area contributed by atoms with E-state index in [0.717, 1.165) is 44.3 Å². The van der Waals surface area contributed by atoms with Gasteiger partial charge in [0.15, 0.2) is 5.96 Å². The third-order valence-corrected chi connectivity index (χ3v) is 5.49. The van der Waals surface area contributed by atoms with Gasteiger partial charge in [0.1, 0.15) is 12.4 Å². The monoisotopic (exact) mass is 526 g/mol. The Bertz CT molecular complexity index is 780. The highest BCUT2D eigenvalue weighted by Crippen LogP contribution is 2.27. The number of likely N-dealkylation sites (N-methyl/N-ethyl adjacent to an activating group) is 1. The molecule has 0 amide bonds. The fraction of sp³-hybridized carbons (Fsp3) is 0.545. The predicted molar refractivity (Wildman–Crippen MR) is 133 cm³/mol. The van der Waals surface area contributed by atoms with Gasteiger partial charge < -0.3 is 24.4 Å². The third-order valence-electron chi connectivity index (χ3n) is 5.49. The quantitative estimate of drug-likeness (QED) is 0.342. The third kappa shape index (κ3) is 6.87. The lowest BCUT2D eigenvalue weighted by Crippen LogP contribution is -2.48.